The molecule has 6 nitrogen and oxygen atoms in total. The number of rotatable bonds is 6. The molecule has 0 aliphatic carbocycles. The van der Waals surface area contributed by atoms with Gasteiger partial charge < -0.3 is 9.88 Å². The molecule has 2 rings (SSSR count). The first-order chi connectivity index (χ1) is 9.58. The van der Waals surface area contributed by atoms with E-state index in [1.54, 1.807) is 12.3 Å². The minimum atomic E-state index is -0.108. The maximum atomic E-state index is 12.1. The number of halogens is 1. The number of aromatic nitrogens is 4. The molecule has 0 fully saturated rings. The van der Waals surface area contributed by atoms with Crippen LogP contribution in [-0.2, 0) is 6.42 Å². The van der Waals surface area contributed by atoms with Crippen molar-refractivity contribution in [1.29, 1.82) is 0 Å². The van der Waals surface area contributed by atoms with Crippen molar-refractivity contribution in [3.05, 3.63) is 35.1 Å². The lowest BCUT2D eigenvalue weighted by Gasteiger charge is -2.12. The van der Waals surface area contributed by atoms with E-state index in [1.165, 1.54) is 6.33 Å². The third-order valence-electron chi connectivity index (χ3n) is 2.95. The van der Waals surface area contributed by atoms with Crippen LogP contribution in [0.2, 0.25) is 5.02 Å². The van der Waals surface area contributed by atoms with Crippen molar-refractivity contribution in [2.45, 2.75) is 32.7 Å². The second-order valence-electron chi connectivity index (χ2n) is 4.84. The highest BCUT2D eigenvalue weighted by Gasteiger charge is 2.14. The van der Waals surface area contributed by atoms with E-state index in [2.05, 4.69) is 20.5 Å². The highest BCUT2D eigenvalue weighted by molar-refractivity contribution is 6.31. The Hall–Kier alpha value is -1.82. The fraction of sp³-hybridized carbons (Fsp3) is 0.462. The van der Waals surface area contributed by atoms with E-state index in [0.29, 0.717) is 17.3 Å². The van der Waals surface area contributed by atoms with E-state index in [9.17, 15) is 4.79 Å². The van der Waals surface area contributed by atoms with Crippen LogP contribution in [0.3, 0.4) is 0 Å². The van der Waals surface area contributed by atoms with Gasteiger partial charge in [-0.3, -0.25) is 9.89 Å². The summed E-state index contributed by atoms with van der Waals surface area (Å²) in [5.74, 6) is 0.719. The summed E-state index contributed by atoms with van der Waals surface area (Å²) >= 11 is 5.96. The van der Waals surface area contributed by atoms with Crippen molar-refractivity contribution >= 4 is 17.5 Å². The van der Waals surface area contributed by atoms with Gasteiger partial charge in [-0.05, 0) is 26.3 Å². The summed E-state index contributed by atoms with van der Waals surface area (Å²) in [6, 6.07) is 1.88. The predicted molar refractivity (Wildman–Crippen MR) is 76.9 cm³/mol. The number of H-pyrrole nitrogens is 1. The van der Waals surface area contributed by atoms with E-state index in [0.717, 1.165) is 18.7 Å². The number of nitrogens with one attached hydrogen (secondary N) is 2. The molecule has 20 heavy (non-hydrogen) atoms. The molecular weight excluding hydrogens is 278 g/mol. The van der Waals surface area contributed by atoms with Crippen molar-refractivity contribution in [1.82, 2.24) is 25.1 Å². The number of hydrogen-bond acceptors (Lipinski definition) is 3. The molecule has 2 heterocycles. The number of amides is 1. The molecule has 2 aromatic heterocycles. The second kappa shape index (κ2) is 6.56. The molecule has 1 amide bonds. The van der Waals surface area contributed by atoms with Crippen LogP contribution in [0.25, 0.3) is 0 Å². The van der Waals surface area contributed by atoms with Crippen molar-refractivity contribution in [2.24, 2.45) is 0 Å². The molecule has 108 valence electrons. The molecule has 2 N–H and O–H groups in total. The average Bonchev–Trinajstić information content (AvgIpc) is 3.03. The summed E-state index contributed by atoms with van der Waals surface area (Å²) in [6.45, 7) is 4.61. The van der Waals surface area contributed by atoms with Gasteiger partial charge in [-0.1, -0.05) is 11.6 Å². The van der Waals surface area contributed by atoms with Crippen LogP contribution in [0.4, 0.5) is 0 Å². The third kappa shape index (κ3) is 3.60. The quantitative estimate of drug-likeness (QED) is 0.802. The Labute approximate surface area is 122 Å². The summed E-state index contributed by atoms with van der Waals surface area (Å²) in [5.41, 5.74) is 0.588. The number of carbonyl (C=O) groups excluding carboxylic acids is 1. The first-order valence-electron chi connectivity index (χ1n) is 6.57. The summed E-state index contributed by atoms with van der Waals surface area (Å²) in [7, 11) is 0. The smallest absolute Gasteiger partial charge is 0.267 e. The van der Waals surface area contributed by atoms with Crippen LogP contribution < -0.4 is 5.32 Å². The summed E-state index contributed by atoms with van der Waals surface area (Å²) in [5, 5.41) is 10.0. The minimum absolute atomic E-state index is 0.108. The highest BCUT2D eigenvalue weighted by Crippen LogP contribution is 2.18. The zero-order chi connectivity index (χ0) is 14.5. The molecule has 0 atom stereocenters. The van der Waals surface area contributed by atoms with E-state index < -0.39 is 0 Å². The number of nitrogens with zero attached hydrogens (tertiary/aromatic N) is 3. The first-order valence-corrected chi connectivity index (χ1v) is 6.95. The Morgan fingerprint density at radius 2 is 2.35 bits per heavy atom. The van der Waals surface area contributed by atoms with Gasteiger partial charge in [-0.15, -0.1) is 0 Å². The van der Waals surface area contributed by atoms with Crippen LogP contribution >= 0.6 is 11.6 Å². The van der Waals surface area contributed by atoms with Crippen molar-refractivity contribution in [2.75, 3.05) is 6.54 Å². The fourth-order valence-corrected chi connectivity index (χ4v) is 2.16. The van der Waals surface area contributed by atoms with Crippen LogP contribution in [0.15, 0.2) is 18.6 Å². The third-order valence-corrected chi connectivity index (χ3v) is 3.15. The Morgan fingerprint density at radius 1 is 1.55 bits per heavy atom. The van der Waals surface area contributed by atoms with Crippen molar-refractivity contribution in [3.8, 4) is 0 Å². The summed E-state index contributed by atoms with van der Waals surface area (Å²) in [6.07, 6.45) is 4.81. The van der Waals surface area contributed by atoms with Gasteiger partial charge in [0.2, 0.25) is 0 Å². The Balaban J connectivity index is 1.85. The zero-order valence-corrected chi connectivity index (χ0v) is 12.3. The van der Waals surface area contributed by atoms with E-state index >= 15 is 0 Å². The van der Waals surface area contributed by atoms with Gasteiger partial charge in [0.25, 0.3) is 5.91 Å². The minimum Gasteiger partial charge on any atom is -0.351 e. The molecule has 0 unspecified atom stereocenters. The van der Waals surface area contributed by atoms with Crippen LogP contribution in [0.1, 0.15) is 42.6 Å². The van der Waals surface area contributed by atoms with Gasteiger partial charge in [0.1, 0.15) is 17.8 Å². The second-order valence-corrected chi connectivity index (χ2v) is 5.27. The molecule has 2 aromatic rings. The largest absolute Gasteiger partial charge is 0.351 e. The maximum absolute atomic E-state index is 12.1. The molecule has 0 saturated heterocycles. The van der Waals surface area contributed by atoms with Gasteiger partial charge in [0.15, 0.2) is 0 Å². The van der Waals surface area contributed by atoms with Gasteiger partial charge in [0.05, 0.1) is 5.02 Å². The number of hydrogen-bond donors (Lipinski definition) is 2. The Bertz CT molecular complexity index is 561. The average molecular weight is 296 g/mol. The highest BCUT2D eigenvalue weighted by atomic mass is 35.5. The molecule has 0 aliphatic heterocycles. The molecular formula is C13H18ClN5O. The van der Waals surface area contributed by atoms with Crippen LogP contribution in [0, 0.1) is 0 Å². The maximum Gasteiger partial charge on any atom is 0.267 e. The lowest BCUT2D eigenvalue weighted by atomic mass is 10.3. The molecule has 0 radical (unpaired) electrons. The van der Waals surface area contributed by atoms with Gasteiger partial charge in [-0.2, -0.15) is 5.10 Å². The van der Waals surface area contributed by atoms with E-state index in [-0.39, 0.29) is 11.9 Å². The molecule has 0 bridgehead atoms. The molecule has 0 saturated carbocycles. The summed E-state index contributed by atoms with van der Waals surface area (Å²) in [4.78, 5) is 16.1. The lowest BCUT2D eigenvalue weighted by molar-refractivity contribution is 0.0942. The van der Waals surface area contributed by atoms with Gasteiger partial charge in [0, 0.05) is 25.2 Å². The Kier molecular flexibility index (Phi) is 4.79. The molecule has 0 aromatic carbocycles. The molecule has 0 aliphatic rings. The van der Waals surface area contributed by atoms with Crippen LogP contribution in [-0.4, -0.2) is 32.2 Å². The molecule has 0 spiro atoms. The van der Waals surface area contributed by atoms with Crippen molar-refractivity contribution < 1.29 is 4.79 Å². The number of aryl methyl sites for hydroxylation is 1. The van der Waals surface area contributed by atoms with Gasteiger partial charge in [-0.25, -0.2) is 4.98 Å². The van der Waals surface area contributed by atoms with E-state index in [1.807, 2.05) is 18.4 Å². The Morgan fingerprint density at radius 3 is 3.00 bits per heavy atom. The van der Waals surface area contributed by atoms with Crippen LogP contribution in [0.5, 0.6) is 0 Å². The predicted octanol–water partition coefficient (Wildman–Crippen LogP) is 2.20. The topological polar surface area (TPSA) is 75.6 Å². The monoisotopic (exact) mass is 295 g/mol. The summed E-state index contributed by atoms with van der Waals surface area (Å²) < 4.78 is 1.87. The SMILES string of the molecule is CC(C)n1cc(Cl)cc1C(=O)NCCCc1ncn[nH]1. The fourth-order valence-electron chi connectivity index (χ4n) is 1.95. The number of carbonyl (C=O) groups is 1. The van der Waals surface area contributed by atoms with Crippen molar-refractivity contribution in [3.63, 3.8) is 0 Å². The standard InChI is InChI=1S/C13H18ClN5O/c1-9(2)19-7-10(14)6-11(19)13(20)15-5-3-4-12-16-8-17-18-12/h6-9H,3-5H2,1-2H3,(H,15,20)(H,16,17,18). The van der Waals surface area contributed by atoms with E-state index in [4.69, 9.17) is 11.6 Å². The normalized spacial score (nSPS) is 11.0. The lowest BCUT2D eigenvalue weighted by Crippen LogP contribution is -2.27. The first kappa shape index (κ1) is 14.6. The van der Waals surface area contributed by atoms with Gasteiger partial charge >= 0.3 is 0 Å². The number of aromatic amines is 1. The zero-order valence-electron chi connectivity index (χ0n) is 11.6. The molecule has 7 heteroatoms.